The summed E-state index contributed by atoms with van der Waals surface area (Å²) in [6, 6.07) is 9.17. The lowest BCUT2D eigenvalue weighted by molar-refractivity contribution is -0.132. The zero-order valence-electron chi connectivity index (χ0n) is 14.2. The van der Waals surface area contributed by atoms with Crippen LogP contribution >= 0.6 is 0 Å². The maximum Gasteiger partial charge on any atom is 0.335 e. The number of aliphatic carboxylic acids is 1. The smallest absolute Gasteiger partial charge is 0.335 e. The van der Waals surface area contributed by atoms with Gasteiger partial charge in [-0.05, 0) is 29.8 Å². The third-order valence-corrected chi connectivity index (χ3v) is 4.04. The molecular formula is C19H18O6. The number of rotatable bonds is 5. The van der Waals surface area contributed by atoms with E-state index in [0.717, 1.165) is 11.1 Å². The van der Waals surface area contributed by atoms with Gasteiger partial charge in [0.25, 0.3) is 0 Å². The van der Waals surface area contributed by atoms with Crippen LogP contribution in [0.1, 0.15) is 5.56 Å². The maximum atomic E-state index is 11.3. The van der Waals surface area contributed by atoms with E-state index in [4.69, 9.17) is 18.9 Å². The van der Waals surface area contributed by atoms with E-state index < -0.39 is 5.97 Å². The molecule has 1 aliphatic rings. The summed E-state index contributed by atoms with van der Waals surface area (Å²) in [5.41, 5.74) is 2.42. The van der Waals surface area contributed by atoms with Crippen molar-refractivity contribution < 1.29 is 28.8 Å². The quantitative estimate of drug-likeness (QED) is 0.899. The van der Waals surface area contributed by atoms with Gasteiger partial charge in [0.1, 0.15) is 12.4 Å². The minimum Gasteiger partial charge on any atom is -0.493 e. The number of ether oxygens (including phenoxy) is 4. The van der Waals surface area contributed by atoms with Crippen molar-refractivity contribution in [2.24, 2.45) is 0 Å². The number of carboxylic acids is 1. The molecule has 1 N–H and O–H groups in total. The summed E-state index contributed by atoms with van der Waals surface area (Å²) < 4.78 is 21.9. The predicted octanol–water partition coefficient (Wildman–Crippen LogP) is 3.24. The minimum absolute atomic E-state index is 0.0366. The van der Waals surface area contributed by atoms with E-state index in [1.807, 2.05) is 18.2 Å². The third kappa shape index (κ3) is 2.87. The maximum absolute atomic E-state index is 11.3. The molecule has 0 saturated carbocycles. The van der Waals surface area contributed by atoms with Gasteiger partial charge in [-0.25, -0.2) is 4.79 Å². The van der Waals surface area contributed by atoms with E-state index in [9.17, 15) is 9.90 Å². The lowest BCUT2D eigenvalue weighted by atomic mass is 9.95. The monoisotopic (exact) mass is 342 g/mol. The molecule has 1 heterocycles. The molecule has 130 valence electrons. The van der Waals surface area contributed by atoms with Gasteiger partial charge in [-0.2, -0.15) is 0 Å². The highest BCUT2D eigenvalue weighted by atomic mass is 16.5. The second kappa shape index (κ2) is 6.76. The molecule has 3 rings (SSSR count). The summed E-state index contributed by atoms with van der Waals surface area (Å²) in [6.45, 7) is 0.0366. The number of benzene rings is 2. The number of hydrogen-bond acceptors (Lipinski definition) is 5. The van der Waals surface area contributed by atoms with Gasteiger partial charge < -0.3 is 24.1 Å². The van der Waals surface area contributed by atoms with Crippen molar-refractivity contribution in [2.75, 3.05) is 27.9 Å². The molecule has 0 fully saturated rings. The van der Waals surface area contributed by atoms with Crippen molar-refractivity contribution >= 4 is 12.0 Å². The Morgan fingerprint density at radius 2 is 1.76 bits per heavy atom. The lowest BCUT2D eigenvalue weighted by Crippen LogP contribution is -2.14. The van der Waals surface area contributed by atoms with Gasteiger partial charge in [0.2, 0.25) is 5.75 Å². The largest absolute Gasteiger partial charge is 0.493 e. The average molecular weight is 342 g/mol. The van der Waals surface area contributed by atoms with Crippen LogP contribution in [-0.4, -0.2) is 39.0 Å². The van der Waals surface area contributed by atoms with Crippen LogP contribution in [0.2, 0.25) is 0 Å². The fourth-order valence-corrected chi connectivity index (χ4v) is 2.86. The highest BCUT2D eigenvalue weighted by molar-refractivity contribution is 5.96. The Hall–Kier alpha value is -3.15. The van der Waals surface area contributed by atoms with E-state index in [1.54, 1.807) is 32.4 Å². The van der Waals surface area contributed by atoms with E-state index in [1.165, 1.54) is 7.11 Å². The van der Waals surface area contributed by atoms with Crippen molar-refractivity contribution in [3.05, 3.63) is 41.5 Å². The van der Waals surface area contributed by atoms with Gasteiger partial charge in [0.05, 0.1) is 26.9 Å². The molecule has 2 aromatic rings. The van der Waals surface area contributed by atoms with Crippen molar-refractivity contribution in [3.8, 4) is 34.1 Å². The molecule has 0 aromatic heterocycles. The van der Waals surface area contributed by atoms with Crippen LogP contribution in [0.3, 0.4) is 0 Å². The molecule has 0 atom stereocenters. The number of hydrogen-bond donors (Lipinski definition) is 1. The molecule has 1 aliphatic heterocycles. The van der Waals surface area contributed by atoms with E-state index in [0.29, 0.717) is 28.6 Å². The summed E-state index contributed by atoms with van der Waals surface area (Å²) in [6.07, 6.45) is 1.63. The Morgan fingerprint density at radius 1 is 1.00 bits per heavy atom. The first-order valence-electron chi connectivity index (χ1n) is 7.59. The van der Waals surface area contributed by atoms with Gasteiger partial charge in [-0.15, -0.1) is 0 Å². The van der Waals surface area contributed by atoms with Crippen LogP contribution in [0.15, 0.2) is 35.9 Å². The highest BCUT2D eigenvalue weighted by Gasteiger charge is 2.23. The molecule has 0 bridgehead atoms. The highest BCUT2D eigenvalue weighted by Crippen LogP contribution is 2.46. The lowest BCUT2D eigenvalue weighted by Gasteiger charge is -2.21. The van der Waals surface area contributed by atoms with Crippen molar-refractivity contribution in [3.63, 3.8) is 0 Å². The Bertz CT molecular complexity index is 853. The van der Waals surface area contributed by atoms with Crippen LogP contribution in [-0.2, 0) is 4.79 Å². The van der Waals surface area contributed by atoms with Crippen molar-refractivity contribution in [2.45, 2.75) is 0 Å². The summed E-state index contributed by atoms with van der Waals surface area (Å²) in [7, 11) is 4.64. The third-order valence-electron chi connectivity index (χ3n) is 4.04. The number of methoxy groups -OCH3 is 3. The van der Waals surface area contributed by atoms with E-state index >= 15 is 0 Å². The average Bonchev–Trinajstić information content (AvgIpc) is 2.65. The predicted molar refractivity (Wildman–Crippen MR) is 92.6 cm³/mol. The Labute approximate surface area is 145 Å². The van der Waals surface area contributed by atoms with Crippen LogP contribution in [0, 0.1) is 0 Å². The molecular weight excluding hydrogens is 324 g/mol. The van der Waals surface area contributed by atoms with Gasteiger partial charge in [0, 0.05) is 11.1 Å². The molecule has 0 saturated heterocycles. The SMILES string of the molecule is COc1ccc(-c2cccc3c2C=C(C(=O)O)CO3)c(OC)c1OC. The molecule has 0 radical (unpaired) electrons. The molecule has 0 amide bonds. The fraction of sp³-hybridized carbons (Fsp3) is 0.211. The van der Waals surface area contributed by atoms with Gasteiger partial charge >= 0.3 is 5.97 Å². The first-order chi connectivity index (χ1) is 12.1. The summed E-state index contributed by atoms with van der Waals surface area (Å²) in [5.74, 6) is 1.15. The summed E-state index contributed by atoms with van der Waals surface area (Å²) in [5, 5.41) is 9.27. The molecule has 25 heavy (non-hydrogen) atoms. The molecule has 6 heteroatoms. The van der Waals surface area contributed by atoms with E-state index in [2.05, 4.69) is 0 Å². The summed E-state index contributed by atoms with van der Waals surface area (Å²) >= 11 is 0. The topological polar surface area (TPSA) is 74.2 Å². The minimum atomic E-state index is -1.00. The molecule has 2 aromatic carbocycles. The Balaban J connectivity index is 2.25. The fourth-order valence-electron chi connectivity index (χ4n) is 2.86. The van der Waals surface area contributed by atoms with Crippen LogP contribution in [0.25, 0.3) is 17.2 Å². The van der Waals surface area contributed by atoms with Crippen LogP contribution in [0.5, 0.6) is 23.0 Å². The molecule has 0 aliphatic carbocycles. The standard InChI is InChI=1S/C19H18O6/c1-22-16-8-7-13(17(23-2)18(16)24-3)12-5-4-6-15-14(12)9-11(10-25-15)19(20)21/h4-9H,10H2,1-3H3,(H,20,21). The zero-order valence-corrected chi connectivity index (χ0v) is 14.2. The van der Waals surface area contributed by atoms with Gasteiger partial charge in [0.15, 0.2) is 11.5 Å². The number of fused-ring (bicyclic) bond motifs is 1. The first-order valence-corrected chi connectivity index (χ1v) is 7.59. The second-order valence-electron chi connectivity index (χ2n) is 5.36. The van der Waals surface area contributed by atoms with Crippen LogP contribution < -0.4 is 18.9 Å². The van der Waals surface area contributed by atoms with Gasteiger partial charge in [-0.1, -0.05) is 12.1 Å². The first kappa shape index (κ1) is 16.7. The Morgan fingerprint density at radius 3 is 2.40 bits per heavy atom. The second-order valence-corrected chi connectivity index (χ2v) is 5.36. The van der Waals surface area contributed by atoms with Gasteiger partial charge in [-0.3, -0.25) is 0 Å². The molecule has 0 spiro atoms. The van der Waals surface area contributed by atoms with Crippen molar-refractivity contribution in [1.82, 2.24) is 0 Å². The zero-order chi connectivity index (χ0) is 18.0. The summed E-state index contributed by atoms with van der Waals surface area (Å²) in [4.78, 5) is 11.3. The number of carbonyl (C=O) groups is 1. The molecule has 6 nitrogen and oxygen atoms in total. The van der Waals surface area contributed by atoms with E-state index in [-0.39, 0.29) is 12.2 Å². The number of carboxylic acid groups (broad SMARTS) is 1. The van der Waals surface area contributed by atoms with Crippen LogP contribution in [0.4, 0.5) is 0 Å². The normalized spacial score (nSPS) is 12.5. The molecule has 0 unspecified atom stereocenters. The van der Waals surface area contributed by atoms with Crippen molar-refractivity contribution in [1.29, 1.82) is 0 Å². The Kier molecular flexibility index (Phi) is 4.52.